The molecule has 0 saturated carbocycles. The van der Waals surface area contributed by atoms with Crippen LogP contribution in [0.1, 0.15) is 54.4 Å². The lowest BCUT2D eigenvalue weighted by Crippen LogP contribution is -2.33. The molecule has 0 bridgehead atoms. The van der Waals surface area contributed by atoms with E-state index in [1.165, 1.54) is 12.8 Å². The van der Waals surface area contributed by atoms with E-state index in [1.807, 2.05) is 0 Å². The Kier molecular flexibility index (Phi) is 21.3. The number of rotatable bonds is 7. The third kappa shape index (κ3) is 11.8. The molecule has 1 unspecified atom stereocenters. The van der Waals surface area contributed by atoms with Crippen molar-refractivity contribution in [3.8, 4) is 0 Å². The number of aliphatic hydroxyl groups is 1. The van der Waals surface area contributed by atoms with E-state index in [-0.39, 0.29) is 0 Å². The van der Waals surface area contributed by atoms with Gasteiger partial charge in [0, 0.05) is 38.2 Å². The molecular weight excluding hydrogens is 271 g/mol. The molecule has 0 aromatic rings. The summed E-state index contributed by atoms with van der Waals surface area (Å²) in [6.07, 6.45) is 2.64. The van der Waals surface area contributed by atoms with Crippen LogP contribution in [0.5, 0.6) is 0 Å². The van der Waals surface area contributed by atoms with Crippen molar-refractivity contribution in [2.75, 3.05) is 20.8 Å². The summed E-state index contributed by atoms with van der Waals surface area (Å²) < 4.78 is 7.82. The zero-order chi connectivity index (χ0) is 16.7. The van der Waals surface area contributed by atoms with Gasteiger partial charge in [-0.2, -0.15) is 0 Å². The highest BCUT2D eigenvalue weighted by Gasteiger charge is 2.25. The first kappa shape index (κ1) is 25.0. The van der Waals surface area contributed by atoms with E-state index in [0.29, 0.717) is 18.6 Å². The predicted molar refractivity (Wildman–Crippen MR) is 93.0 cm³/mol. The lowest BCUT2D eigenvalue weighted by atomic mass is 10.3. The van der Waals surface area contributed by atoms with E-state index in [2.05, 4.69) is 52.8 Å². The normalized spacial score (nSPS) is 11.7. The van der Waals surface area contributed by atoms with Gasteiger partial charge in [0.1, 0.15) is 8.30 Å². The topological polar surface area (TPSA) is 58.7 Å². The Balaban J connectivity index is -0.000000410. The number of hydrogen-bond acceptors (Lipinski definition) is 4. The van der Waals surface area contributed by atoms with Gasteiger partial charge in [-0.05, 0) is 27.7 Å². The van der Waals surface area contributed by atoms with Crippen LogP contribution in [0.3, 0.4) is 0 Å². The zero-order valence-corrected chi connectivity index (χ0v) is 15.7. The first-order valence-corrected chi connectivity index (χ1v) is 8.53. The summed E-state index contributed by atoms with van der Waals surface area (Å²) in [7, 11) is 1.98. The number of unbranched alkanes of at least 4 members (excludes halogenated alkanes) is 1. The Labute approximate surface area is 128 Å². The predicted octanol–water partition coefficient (Wildman–Crippen LogP) is 3.95. The van der Waals surface area contributed by atoms with Crippen LogP contribution < -0.4 is 5.73 Å². The third-order valence-corrected chi connectivity index (χ3v) is 4.86. The van der Waals surface area contributed by atoms with Crippen LogP contribution in [-0.2, 0) is 4.52 Å². The minimum atomic E-state index is -0.748. The van der Waals surface area contributed by atoms with Crippen molar-refractivity contribution in [3.05, 3.63) is 11.9 Å². The first-order chi connectivity index (χ1) is 9.37. The van der Waals surface area contributed by atoms with Gasteiger partial charge in [0.15, 0.2) is 0 Å². The molecule has 0 heterocycles. The average Bonchev–Trinajstić information content (AvgIpc) is 2.45. The smallest absolute Gasteiger partial charge is 0.134 e. The summed E-state index contributed by atoms with van der Waals surface area (Å²) in [5.41, 5.74) is 5.60. The molecule has 0 aromatic carbocycles. The Morgan fingerprint density at radius 1 is 1.15 bits per heavy atom. The summed E-state index contributed by atoms with van der Waals surface area (Å²) >= 11 is 0. The molecule has 0 aromatic heterocycles. The third-order valence-electron chi connectivity index (χ3n) is 2.45. The van der Waals surface area contributed by atoms with Gasteiger partial charge in [0.25, 0.3) is 0 Å². The highest BCUT2D eigenvalue weighted by atomic mass is 31.2. The Bertz CT molecular complexity index is 202. The maximum atomic E-state index is 7.00. The van der Waals surface area contributed by atoms with Crippen LogP contribution in [0.2, 0.25) is 0 Å². The Morgan fingerprint density at radius 2 is 1.50 bits per heavy atom. The molecule has 0 aliphatic heterocycles. The van der Waals surface area contributed by atoms with Crippen LogP contribution in [0.25, 0.3) is 0 Å². The lowest BCUT2D eigenvalue weighted by molar-refractivity contribution is 0.283. The van der Waals surface area contributed by atoms with E-state index >= 15 is 0 Å². The van der Waals surface area contributed by atoms with Gasteiger partial charge in [-0.15, -0.1) is 0 Å². The van der Waals surface area contributed by atoms with Gasteiger partial charge in [0.05, 0.1) is 0 Å². The molecule has 0 fully saturated rings. The number of nitrogens with two attached hydrogens (primary N) is 1. The summed E-state index contributed by atoms with van der Waals surface area (Å²) in [5, 5.41) is 7.99. The minimum Gasteiger partial charge on any atom is -0.400 e. The maximum Gasteiger partial charge on any atom is 0.134 e. The van der Waals surface area contributed by atoms with Crippen molar-refractivity contribution in [2.45, 2.75) is 66.5 Å². The molecule has 0 aliphatic carbocycles. The zero-order valence-electron chi connectivity index (χ0n) is 14.8. The van der Waals surface area contributed by atoms with E-state index in [0.717, 1.165) is 12.4 Å². The fraction of sp³-hybridized carbons (Fsp3) is 0.867. The Hall–Kier alpha value is 0.0100. The molecule has 1 atom stereocenters. The fourth-order valence-corrected chi connectivity index (χ4v) is 3.25. The molecule has 0 spiro atoms. The fourth-order valence-electron chi connectivity index (χ4n) is 1.48. The first-order valence-electron chi connectivity index (χ1n) is 7.32. The number of nitrogens with zero attached hydrogens (tertiary/aromatic N) is 1. The number of aliphatic hydroxyl groups excluding tert-OH is 1. The van der Waals surface area contributed by atoms with Gasteiger partial charge in [0.2, 0.25) is 0 Å². The van der Waals surface area contributed by atoms with Crippen molar-refractivity contribution in [2.24, 2.45) is 5.73 Å². The monoisotopic (exact) mass is 308 g/mol. The molecule has 0 aliphatic rings. The Morgan fingerprint density at radius 3 is 1.65 bits per heavy atom. The molecule has 5 heteroatoms. The van der Waals surface area contributed by atoms with Gasteiger partial charge in [-0.1, -0.05) is 33.3 Å². The van der Waals surface area contributed by atoms with Crippen LogP contribution in [-0.4, -0.2) is 42.6 Å². The van der Waals surface area contributed by atoms with E-state index in [9.17, 15) is 0 Å². The molecule has 124 valence electrons. The van der Waals surface area contributed by atoms with E-state index in [1.54, 1.807) is 7.11 Å². The van der Waals surface area contributed by atoms with Gasteiger partial charge in [-0.3, -0.25) is 4.67 Å². The number of hydrogen-bond donors (Lipinski definition) is 2. The standard InChI is InChI=1S/C10H23N2OP.C4H10.CH4O/c1-8(2)12(9(3)4)14(13-6)10(5)7-11;1-3-4-2;1-2/h8-9H,5,7,11H2,1-4,6H3;3-4H2,1-2H3;2H,1H3. The van der Waals surface area contributed by atoms with Crippen molar-refractivity contribution >= 4 is 8.30 Å². The quantitative estimate of drug-likeness (QED) is 0.699. The molecule has 0 amide bonds. The van der Waals surface area contributed by atoms with Crippen molar-refractivity contribution < 1.29 is 9.63 Å². The van der Waals surface area contributed by atoms with Crippen molar-refractivity contribution in [1.29, 1.82) is 0 Å². The largest absolute Gasteiger partial charge is 0.400 e. The second kappa shape index (κ2) is 17.1. The van der Waals surface area contributed by atoms with Crippen LogP contribution in [0.4, 0.5) is 0 Å². The summed E-state index contributed by atoms with van der Waals surface area (Å²) in [6, 6.07) is 0.897. The SMILES string of the molecule is C=C(CN)P(OC)N(C(C)C)C(C)C.CCCC.CO. The van der Waals surface area contributed by atoms with E-state index in [4.69, 9.17) is 15.4 Å². The second-order valence-electron chi connectivity index (χ2n) is 4.79. The molecular formula is C15H37N2O2P. The molecule has 20 heavy (non-hydrogen) atoms. The summed E-state index contributed by atoms with van der Waals surface area (Å²) in [5.74, 6) is 0. The van der Waals surface area contributed by atoms with E-state index < -0.39 is 8.30 Å². The maximum absolute atomic E-state index is 7.00. The van der Waals surface area contributed by atoms with Crippen LogP contribution in [0, 0.1) is 0 Å². The lowest BCUT2D eigenvalue weighted by Gasteiger charge is -2.36. The molecule has 0 saturated heterocycles. The van der Waals surface area contributed by atoms with Gasteiger partial charge < -0.3 is 15.4 Å². The van der Waals surface area contributed by atoms with Gasteiger partial charge in [-0.25, -0.2) is 0 Å². The highest BCUT2D eigenvalue weighted by Crippen LogP contribution is 2.49. The summed E-state index contributed by atoms with van der Waals surface area (Å²) in [6.45, 7) is 17.5. The van der Waals surface area contributed by atoms with Crippen molar-refractivity contribution in [3.63, 3.8) is 0 Å². The molecule has 0 rings (SSSR count). The molecule has 3 N–H and O–H groups in total. The summed E-state index contributed by atoms with van der Waals surface area (Å²) in [4.78, 5) is 0. The highest BCUT2D eigenvalue weighted by molar-refractivity contribution is 7.54. The van der Waals surface area contributed by atoms with Gasteiger partial charge >= 0.3 is 0 Å². The van der Waals surface area contributed by atoms with Crippen LogP contribution >= 0.6 is 8.30 Å². The van der Waals surface area contributed by atoms with Crippen LogP contribution in [0.15, 0.2) is 11.9 Å². The van der Waals surface area contributed by atoms with Crippen molar-refractivity contribution in [1.82, 2.24) is 4.67 Å². The molecule has 4 nitrogen and oxygen atoms in total. The molecule has 0 radical (unpaired) electrons. The average molecular weight is 308 g/mol. The minimum absolute atomic E-state index is 0.448. The second-order valence-corrected chi connectivity index (χ2v) is 6.80.